The molecule has 1 fully saturated rings. The molecule has 1 aromatic carbocycles. The SMILES string of the molecule is CNC(c1cccc(OC(C)C)c1)C1CCC(F)(F)CC1. The molecule has 2 nitrogen and oxygen atoms in total. The van der Waals surface area contributed by atoms with Gasteiger partial charge in [0.1, 0.15) is 5.75 Å². The predicted octanol–water partition coefficient (Wildman–Crippen LogP) is 4.56. The molecule has 1 unspecified atom stereocenters. The van der Waals surface area contributed by atoms with E-state index in [4.69, 9.17) is 4.74 Å². The summed E-state index contributed by atoms with van der Waals surface area (Å²) in [6.45, 7) is 3.98. The zero-order valence-corrected chi connectivity index (χ0v) is 13.0. The second-order valence-electron chi connectivity index (χ2n) is 6.20. The van der Waals surface area contributed by atoms with Gasteiger partial charge in [-0.15, -0.1) is 0 Å². The standard InChI is InChI=1S/C17H25F2NO/c1-12(2)21-15-6-4-5-14(11-15)16(20-3)13-7-9-17(18,19)10-8-13/h4-6,11-13,16,20H,7-10H2,1-3H3. The van der Waals surface area contributed by atoms with E-state index in [0.29, 0.717) is 12.8 Å². The van der Waals surface area contributed by atoms with Gasteiger partial charge >= 0.3 is 0 Å². The smallest absolute Gasteiger partial charge is 0.248 e. The van der Waals surface area contributed by atoms with E-state index < -0.39 is 5.92 Å². The highest BCUT2D eigenvalue weighted by Gasteiger charge is 2.37. The van der Waals surface area contributed by atoms with Crippen LogP contribution in [-0.2, 0) is 0 Å². The van der Waals surface area contributed by atoms with Gasteiger partial charge in [-0.05, 0) is 57.4 Å². The molecule has 4 heteroatoms. The van der Waals surface area contributed by atoms with Crippen molar-refractivity contribution in [1.29, 1.82) is 0 Å². The third-order valence-electron chi connectivity index (χ3n) is 4.13. The van der Waals surface area contributed by atoms with Crippen LogP contribution >= 0.6 is 0 Å². The van der Waals surface area contributed by atoms with E-state index in [-0.39, 0.29) is 30.9 Å². The van der Waals surface area contributed by atoms with Gasteiger partial charge in [0.25, 0.3) is 0 Å². The molecule has 118 valence electrons. The molecular formula is C17H25F2NO. The summed E-state index contributed by atoms with van der Waals surface area (Å²) in [7, 11) is 1.90. The molecule has 0 saturated heterocycles. The lowest BCUT2D eigenvalue weighted by Gasteiger charge is -2.34. The van der Waals surface area contributed by atoms with Crippen LogP contribution in [-0.4, -0.2) is 19.1 Å². The largest absolute Gasteiger partial charge is 0.491 e. The number of hydrogen-bond donors (Lipinski definition) is 1. The zero-order valence-electron chi connectivity index (χ0n) is 13.0. The summed E-state index contributed by atoms with van der Waals surface area (Å²) in [5.74, 6) is -1.38. The molecule has 0 bridgehead atoms. The third kappa shape index (κ3) is 4.40. The van der Waals surface area contributed by atoms with Crippen LogP contribution in [0.15, 0.2) is 24.3 Å². The quantitative estimate of drug-likeness (QED) is 0.860. The fraction of sp³-hybridized carbons (Fsp3) is 0.647. The Balaban J connectivity index is 2.10. The molecular weight excluding hydrogens is 272 g/mol. The first kappa shape index (κ1) is 16.2. The van der Waals surface area contributed by atoms with Gasteiger partial charge in [0.05, 0.1) is 6.10 Å². The van der Waals surface area contributed by atoms with Crippen LogP contribution in [0.5, 0.6) is 5.75 Å². The van der Waals surface area contributed by atoms with Crippen molar-refractivity contribution >= 4 is 0 Å². The Hall–Kier alpha value is -1.16. The average molecular weight is 297 g/mol. The maximum absolute atomic E-state index is 13.3. The molecule has 21 heavy (non-hydrogen) atoms. The fourth-order valence-corrected chi connectivity index (χ4v) is 3.12. The van der Waals surface area contributed by atoms with E-state index in [0.717, 1.165) is 11.3 Å². The number of halogens is 2. The molecule has 1 aliphatic carbocycles. The van der Waals surface area contributed by atoms with Crippen LogP contribution in [0.1, 0.15) is 51.1 Å². The van der Waals surface area contributed by atoms with Gasteiger partial charge in [0.2, 0.25) is 5.92 Å². The van der Waals surface area contributed by atoms with Crippen molar-refractivity contribution in [1.82, 2.24) is 5.32 Å². The van der Waals surface area contributed by atoms with E-state index >= 15 is 0 Å². The molecule has 0 aromatic heterocycles. The van der Waals surface area contributed by atoms with E-state index in [2.05, 4.69) is 5.32 Å². The van der Waals surface area contributed by atoms with Crippen LogP contribution < -0.4 is 10.1 Å². The number of nitrogens with one attached hydrogen (secondary N) is 1. The predicted molar refractivity (Wildman–Crippen MR) is 80.9 cm³/mol. The molecule has 1 aromatic rings. The molecule has 0 heterocycles. The summed E-state index contributed by atoms with van der Waals surface area (Å²) in [4.78, 5) is 0. The minimum atomic E-state index is -2.47. The van der Waals surface area contributed by atoms with E-state index in [1.165, 1.54) is 0 Å². The first-order valence-electron chi connectivity index (χ1n) is 7.73. The Bertz CT molecular complexity index is 452. The van der Waals surface area contributed by atoms with Gasteiger partial charge in [-0.3, -0.25) is 0 Å². The molecule has 0 radical (unpaired) electrons. The van der Waals surface area contributed by atoms with Gasteiger partial charge in [0.15, 0.2) is 0 Å². The number of benzene rings is 1. The first-order chi connectivity index (χ1) is 9.91. The molecule has 1 aliphatic rings. The van der Waals surface area contributed by atoms with Gasteiger partial charge in [-0.25, -0.2) is 8.78 Å². The van der Waals surface area contributed by atoms with Crippen molar-refractivity contribution < 1.29 is 13.5 Å². The summed E-state index contributed by atoms with van der Waals surface area (Å²) >= 11 is 0. The van der Waals surface area contributed by atoms with Crippen molar-refractivity contribution in [2.24, 2.45) is 5.92 Å². The second-order valence-corrected chi connectivity index (χ2v) is 6.20. The molecule has 0 aliphatic heterocycles. The second kappa shape index (κ2) is 6.73. The molecule has 2 rings (SSSR count). The molecule has 0 amide bonds. The van der Waals surface area contributed by atoms with Crippen molar-refractivity contribution in [2.75, 3.05) is 7.05 Å². The normalized spacial score (nSPS) is 20.5. The third-order valence-corrected chi connectivity index (χ3v) is 4.13. The number of ether oxygens (including phenoxy) is 1. The van der Waals surface area contributed by atoms with E-state index in [1.54, 1.807) is 0 Å². The number of alkyl halides is 2. The van der Waals surface area contributed by atoms with Crippen molar-refractivity contribution in [3.63, 3.8) is 0 Å². The highest BCUT2D eigenvalue weighted by atomic mass is 19.3. The van der Waals surface area contributed by atoms with E-state index in [1.807, 2.05) is 45.2 Å². The Morgan fingerprint density at radius 1 is 1.24 bits per heavy atom. The van der Waals surface area contributed by atoms with Crippen LogP contribution in [0.25, 0.3) is 0 Å². The van der Waals surface area contributed by atoms with Crippen molar-refractivity contribution in [3.05, 3.63) is 29.8 Å². The van der Waals surface area contributed by atoms with Crippen LogP contribution in [0.4, 0.5) is 8.78 Å². The van der Waals surface area contributed by atoms with Crippen molar-refractivity contribution in [3.8, 4) is 5.75 Å². The summed E-state index contributed by atoms with van der Waals surface area (Å²) in [5, 5.41) is 3.30. The molecule has 1 saturated carbocycles. The maximum Gasteiger partial charge on any atom is 0.248 e. The fourth-order valence-electron chi connectivity index (χ4n) is 3.12. The lowest BCUT2D eigenvalue weighted by molar-refractivity contribution is -0.0495. The average Bonchev–Trinajstić information content (AvgIpc) is 2.41. The summed E-state index contributed by atoms with van der Waals surface area (Å²) in [5.41, 5.74) is 1.12. The minimum Gasteiger partial charge on any atom is -0.491 e. The number of hydrogen-bond acceptors (Lipinski definition) is 2. The highest BCUT2D eigenvalue weighted by molar-refractivity contribution is 5.31. The zero-order chi connectivity index (χ0) is 15.5. The monoisotopic (exact) mass is 297 g/mol. The topological polar surface area (TPSA) is 21.3 Å². The van der Waals surface area contributed by atoms with E-state index in [9.17, 15) is 8.78 Å². The minimum absolute atomic E-state index is 0.00195. The lowest BCUT2D eigenvalue weighted by atomic mass is 9.79. The van der Waals surface area contributed by atoms with Gasteiger partial charge in [0, 0.05) is 18.9 Å². The molecule has 0 spiro atoms. The Morgan fingerprint density at radius 3 is 2.48 bits per heavy atom. The van der Waals surface area contributed by atoms with Gasteiger partial charge < -0.3 is 10.1 Å². The summed E-state index contributed by atoms with van der Waals surface area (Å²) in [6, 6.07) is 8.08. The number of rotatable bonds is 5. The van der Waals surface area contributed by atoms with Crippen LogP contribution in [0.2, 0.25) is 0 Å². The maximum atomic E-state index is 13.3. The highest BCUT2D eigenvalue weighted by Crippen LogP contribution is 2.41. The summed E-state index contributed by atoms with van der Waals surface area (Å²) < 4.78 is 32.4. The molecule has 1 N–H and O–H groups in total. The first-order valence-corrected chi connectivity index (χ1v) is 7.73. The van der Waals surface area contributed by atoms with Crippen LogP contribution in [0.3, 0.4) is 0 Å². The summed E-state index contributed by atoms with van der Waals surface area (Å²) in [6.07, 6.45) is 1.25. The Labute approximate surface area is 125 Å². The Morgan fingerprint density at radius 2 is 1.90 bits per heavy atom. The van der Waals surface area contributed by atoms with Gasteiger partial charge in [-0.1, -0.05) is 12.1 Å². The molecule has 1 atom stereocenters. The lowest BCUT2D eigenvalue weighted by Crippen LogP contribution is -2.32. The van der Waals surface area contributed by atoms with Crippen molar-refractivity contribution in [2.45, 2.75) is 57.6 Å². The Kier molecular flexibility index (Phi) is 5.20. The van der Waals surface area contributed by atoms with Crippen LogP contribution in [0, 0.1) is 5.92 Å². The van der Waals surface area contributed by atoms with Gasteiger partial charge in [-0.2, -0.15) is 0 Å².